The first kappa shape index (κ1) is 16.7. The van der Waals surface area contributed by atoms with Crippen molar-refractivity contribution in [2.24, 2.45) is 0 Å². The lowest BCUT2D eigenvalue weighted by atomic mass is 10.1. The molecule has 1 aromatic carbocycles. The second-order valence-corrected chi connectivity index (χ2v) is 5.52. The van der Waals surface area contributed by atoms with Crippen LogP contribution in [0.2, 0.25) is 0 Å². The number of hydrogen-bond donors (Lipinski definition) is 2. The Morgan fingerprint density at radius 1 is 1.13 bits per heavy atom. The fourth-order valence-corrected chi connectivity index (χ4v) is 2.34. The standard InChI is InChI=1S/C17H22N4O2/c1-12-9-13(2)21(20-12)11-15-5-4-6-16(10-15)17(23)19-8-7-18-14(3)22/h4-6,9-10H,7-8,11H2,1-3H3,(H,18,22)(H,19,23). The van der Waals surface area contributed by atoms with E-state index >= 15 is 0 Å². The molecule has 0 spiro atoms. The van der Waals surface area contributed by atoms with Gasteiger partial charge in [0.05, 0.1) is 12.2 Å². The molecule has 0 saturated carbocycles. The summed E-state index contributed by atoms with van der Waals surface area (Å²) in [7, 11) is 0. The van der Waals surface area contributed by atoms with Crippen LogP contribution < -0.4 is 10.6 Å². The molecule has 0 aliphatic carbocycles. The Labute approximate surface area is 135 Å². The summed E-state index contributed by atoms with van der Waals surface area (Å²) in [6.45, 7) is 6.88. The molecule has 23 heavy (non-hydrogen) atoms. The van der Waals surface area contributed by atoms with Gasteiger partial charge in [-0.15, -0.1) is 0 Å². The summed E-state index contributed by atoms with van der Waals surface area (Å²) in [6, 6.07) is 9.51. The summed E-state index contributed by atoms with van der Waals surface area (Å²) >= 11 is 0. The number of aromatic nitrogens is 2. The van der Waals surface area contributed by atoms with Gasteiger partial charge in [-0.05, 0) is 37.6 Å². The quantitative estimate of drug-likeness (QED) is 0.792. The number of hydrogen-bond acceptors (Lipinski definition) is 3. The number of nitrogens with one attached hydrogen (secondary N) is 2. The number of amides is 2. The van der Waals surface area contributed by atoms with Crippen LogP contribution in [-0.4, -0.2) is 34.7 Å². The van der Waals surface area contributed by atoms with Crippen LogP contribution in [0.5, 0.6) is 0 Å². The highest BCUT2D eigenvalue weighted by molar-refractivity contribution is 5.94. The Bertz CT molecular complexity index is 706. The van der Waals surface area contributed by atoms with Crippen molar-refractivity contribution >= 4 is 11.8 Å². The molecular weight excluding hydrogens is 292 g/mol. The zero-order valence-corrected chi connectivity index (χ0v) is 13.7. The summed E-state index contributed by atoms with van der Waals surface area (Å²) in [5.41, 5.74) is 3.69. The minimum atomic E-state index is -0.148. The number of carbonyl (C=O) groups is 2. The molecule has 1 heterocycles. The van der Waals surface area contributed by atoms with Crippen LogP contribution in [0.4, 0.5) is 0 Å². The van der Waals surface area contributed by atoms with Crippen molar-refractivity contribution in [1.29, 1.82) is 0 Å². The molecule has 0 fully saturated rings. The van der Waals surface area contributed by atoms with Gasteiger partial charge in [0, 0.05) is 31.3 Å². The predicted octanol–water partition coefficient (Wildman–Crippen LogP) is 1.41. The SMILES string of the molecule is CC(=O)NCCNC(=O)c1cccc(Cn2nc(C)cc2C)c1. The second-order valence-electron chi connectivity index (χ2n) is 5.52. The number of aryl methyl sites for hydroxylation is 2. The zero-order chi connectivity index (χ0) is 16.8. The maximum Gasteiger partial charge on any atom is 0.251 e. The fraction of sp³-hybridized carbons (Fsp3) is 0.353. The number of carbonyl (C=O) groups excluding carboxylic acids is 2. The smallest absolute Gasteiger partial charge is 0.251 e. The van der Waals surface area contributed by atoms with Crippen molar-refractivity contribution < 1.29 is 9.59 Å². The molecule has 1 aromatic heterocycles. The molecule has 0 unspecified atom stereocenters. The molecule has 2 amide bonds. The first-order valence-corrected chi connectivity index (χ1v) is 7.58. The summed E-state index contributed by atoms with van der Waals surface area (Å²) in [6.07, 6.45) is 0. The van der Waals surface area contributed by atoms with Crippen LogP contribution in [0.25, 0.3) is 0 Å². The van der Waals surface area contributed by atoms with E-state index in [-0.39, 0.29) is 11.8 Å². The van der Waals surface area contributed by atoms with E-state index in [0.717, 1.165) is 17.0 Å². The monoisotopic (exact) mass is 314 g/mol. The van der Waals surface area contributed by atoms with Crippen LogP contribution >= 0.6 is 0 Å². The first-order chi connectivity index (χ1) is 11.0. The topological polar surface area (TPSA) is 76.0 Å². The molecule has 0 saturated heterocycles. The summed E-state index contributed by atoms with van der Waals surface area (Å²) in [4.78, 5) is 22.9. The summed E-state index contributed by atoms with van der Waals surface area (Å²) in [5.74, 6) is -0.253. The van der Waals surface area contributed by atoms with Crippen molar-refractivity contribution in [3.05, 3.63) is 52.8 Å². The number of rotatable bonds is 6. The van der Waals surface area contributed by atoms with Gasteiger partial charge in [0.15, 0.2) is 0 Å². The zero-order valence-electron chi connectivity index (χ0n) is 13.7. The van der Waals surface area contributed by atoms with Gasteiger partial charge >= 0.3 is 0 Å². The third-order valence-corrected chi connectivity index (χ3v) is 3.41. The van der Waals surface area contributed by atoms with Crippen molar-refractivity contribution in [2.75, 3.05) is 13.1 Å². The lowest BCUT2D eigenvalue weighted by Crippen LogP contribution is -2.33. The van der Waals surface area contributed by atoms with E-state index in [4.69, 9.17) is 0 Å². The highest BCUT2D eigenvalue weighted by Crippen LogP contribution is 2.10. The highest BCUT2D eigenvalue weighted by atomic mass is 16.2. The highest BCUT2D eigenvalue weighted by Gasteiger charge is 2.07. The van der Waals surface area contributed by atoms with E-state index in [2.05, 4.69) is 15.7 Å². The van der Waals surface area contributed by atoms with Crippen LogP contribution in [0, 0.1) is 13.8 Å². The molecular formula is C17H22N4O2. The van der Waals surface area contributed by atoms with Gasteiger partial charge in [0.25, 0.3) is 5.91 Å². The van der Waals surface area contributed by atoms with Gasteiger partial charge in [0.2, 0.25) is 5.91 Å². The maximum atomic E-state index is 12.1. The Hall–Kier alpha value is -2.63. The predicted molar refractivity (Wildman–Crippen MR) is 88.3 cm³/mol. The van der Waals surface area contributed by atoms with E-state index in [1.807, 2.05) is 42.8 Å². The third-order valence-electron chi connectivity index (χ3n) is 3.41. The molecule has 0 aliphatic heterocycles. The van der Waals surface area contributed by atoms with Gasteiger partial charge in [-0.3, -0.25) is 14.3 Å². The van der Waals surface area contributed by atoms with Gasteiger partial charge in [-0.1, -0.05) is 12.1 Å². The Morgan fingerprint density at radius 2 is 1.87 bits per heavy atom. The molecule has 6 heteroatoms. The molecule has 6 nitrogen and oxygen atoms in total. The molecule has 0 radical (unpaired) electrons. The van der Waals surface area contributed by atoms with Gasteiger partial charge in [-0.2, -0.15) is 5.10 Å². The normalized spacial score (nSPS) is 10.4. The third kappa shape index (κ3) is 4.95. The Morgan fingerprint density at radius 3 is 2.52 bits per heavy atom. The van der Waals surface area contributed by atoms with Gasteiger partial charge in [0.1, 0.15) is 0 Å². The minimum Gasteiger partial charge on any atom is -0.355 e. The van der Waals surface area contributed by atoms with Crippen LogP contribution in [0.15, 0.2) is 30.3 Å². The number of benzene rings is 1. The van der Waals surface area contributed by atoms with Crippen molar-refractivity contribution in [2.45, 2.75) is 27.3 Å². The van der Waals surface area contributed by atoms with E-state index in [1.54, 1.807) is 6.07 Å². The largest absolute Gasteiger partial charge is 0.355 e. The van der Waals surface area contributed by atoms with Crippen LogP contribution in [0.3, 0.4) is 0 Å². The van der Waals surface area contributed by atoms with E-state index < -0.39 is 0 Å². The van der Waals surface area contributed by atoms with Crippen LogP contribution in [0.1, 0.15) is 34.2 Å². The molecule has 0 aliphatic rings. The van der Waals surface area contributed by atoms with Crippen LogP contribution in [-0.2, 0) is 11.3 Å². The fourth-order valence-electron chi connectivity index (χ4n) is 2.34. The first-order valence-electron chi connectivity index (χ1n) is 7.58. The summed E-state index contributed by atoms with van der Waals surface area (Å²) in [5, 5.41) is 9.86. The average Bonchev–Trinajstić information content (AvgIpc) is 2.81. The van der Waals surface area contributed by atoms with E-state index in [1.165, 1.54) is 6.92 Å². The lowest BCUT2D eigenvalue weighted by Gasteiger charge is -2.08. The Balaban J connectivity index is 1.97. The number of nitrogens with zero attached hydrogens (tertiary/aromatic N) is 2. The van der Waals surface area contributed by atoms with E-state index in [0.29, 0.717) is 25.2 Å². The molecule has 2 N–H and O–H groups in total. The minimum absolute atomic E-state index is 0.105. The van der Waals surface area contributed by atoms with Gasteiger partial charge < -0.3 is 10.6 Å². The molecule has 2 rings (SSSR count). The Kier molecular flexibility index (Phi) is 5.51. The summed E-state index contributed by atoms with van der Waals surface area (Å²) < 4.78 is 1.92. The lowest BCUT2D eigenvalue weighted by molar-refractivity contribution is -0.118. The molecule has 0 atom stereocenters. The molecule has 2 aromatic rings. The van der Waals surface area contributed by atoms with Gasteiger partial charge in [-0.25, -0.2) is 0 Å². The van der Waals surface area contributed by atoms with E-state index in [9.17, 15) is 9.59 Å². The second kappa shape index (κ2) is 7.58. The van der Waals surface area contributed by atoms with Crippen molar-refractivity contribution in [3.63, 3.8) is 0 Å². The maximum absolute atomic E-state index is 12.1. The average molecular weight is 314 g/mol. The molecule has 0 bridgehead atoms. The molecule has 122 valence electrons. The van der Waals surface area contributed by atoms with Crippen molar-refractivity contribution in [3.8, 4) is 0 Å². The van der Waals surface area contributed by atoms with Crippen molar-refractivity contribution in [1.82, 2.24) is 20.4 Å².